The molecule has 92 valence electrons. The van der Waals surface area contributed by atoms with Crippen molar-refractivity contribution < 1.29 is 22.7 Å². The zero-order valence-electron chi connectivity index (χ0n) is 9.17. The van der Waals surface area contributed by atoms with E-state index in [1.165, 1.54) is 0 Å². The minimum absolute atomic E-state index is 0.0913. The summed E-state index contributed by atoms with van der Waals surface area (Å²) in [6, 6.07) is 0.992. The lowest BCUT2D eigenvalue weighted by molar-refractivity contribution is 0.0570. The van der Waals surface area contributed by atoms with Crippen LogP contribution in [0.15, 0.2) is 12.1 Å². The van der Waals surface area contributed by atoms with Gasteiger partial charge in [0.1, 0.15) is 23.6 Å². The molecule has 2 rings (SSSR count). The molecule has 2 unspecified atom stereocenters. The van der Waals surface area contributed by atoms with Crippen LogP contribution in [0.3, 0.4) is 0 Å². The van der Waals surface area contributed by atoms with Gasteiger partial charge >= 0.3 is 0 Å². The SMILES string of the molecule is CC1CCOC1C(=O)c1c(F)cc(F)cc1F. The van der Waals surface area contributed by atoms with Crippen LogP contribution in [-0.2, 0) is 4.74 Å². The number of Topliss-reactive ketones (excluding diaryl/α,β-unsaturated/α-hetero) is 1. The summed E-state index contributed by atoms with van der Waals surface area (Å²) >= 11 is 0. The molecule has 2 nitrogen and oxygen atoms in total. The minimum atomic E-state index is -1.19. The van der Waals surface area contributed by atoms with Crippen LogP contribution in [0.5, 0.6) is 0 Å². The third-order valence-electron chi connectivity index (χ3n) is 2.90. The van der Waals surface area contributed by atoms with Crippen LogP contribution < -0.4 is 0 Å². The smallest absolute Gasteiger partial charge is 0.197 e. The van der Waals surface area contributed by atoms with E-state index in [0.717, 1.165) is 0 Å². The summed E-state index contributed by atoms with van der Waals surface area (Å²) < 4.78 is 44.6. The number of hydrogen-bond acceptors (Lipinski definition) is 2. The topological polar surface area (TPSA) is 26.3 Å². The summed E-state index contributed by atoms with van der Waals surface area (Å²) in [6.07, 6.45) is -0.176. The van der Waals surface area contributed by atoms with Gasteiger partial charge in [-0.25, -0.2) is 13.2 Å². The Morgan fingerprint density at radius 2 is 1.88 bits per heavy atom. The summed E-state index contributed by atoms with van der Waals surface area (Å²) in [6.45, 7) is 2.16. The van der Waals surface area contributed by atoms with Crippen LogP contribution in [0.25, 0.3) is 0 Å². The molecule has 1 saturated heterocycles. The van der Waals surface area contributed by atoms with Gasteiger partial charge in [0, 0.05) is 18.7 Å². The summed E-state index contributed by atoms with van der Waals surface area (Å²) in [7, 11) is 0. The van der Waals surface area contributed by atoms with E-state index >= 15 is 0 Å². The average molecular weight is 244 g/mol. The van der Waals surface area contributed by atoms with Crippen LogP contribution in [-0.4, -0.2) is 18.5 Å². The summed E-state index contributed by atoms with van der Waals surface area (Å²) in [5.41, 5.74) is -0.717. The van der Waals surface area contributed by atoms with Crippen molar-refractivity contribution >= 4 is 5.78 Å². The van der Waals surface area contributed by atoms with E-state index in [1.807, 2.05) is 0 Å². The van der Waals surface area contributed by atoms with E-state index in [-0.39, 0.29) is 5.92 Å². The second-order valence-corrected chi connectivity index (χ2v) is 4.17. The molecule has 1 aliphatic heterocycles. The van der Waals surface area contributed by atoms with Crippen molar-refractivity contribution in [3.8, 4) is 0 Å². The van der Waals surface area contributed by atoms with E-state index in [1.54, 1.807) is 6.92 Å². The van der Waals surface area contributed by atoms with Gasteiger partial charge in [-0.3, -0.25) is 4.79 Å². The Kier molecular flexibility index (Phi) is 3.19. The number of carbonyl (C=O) groups excluding carboxylic acids is 1. The van der Waals surface area contributed by atoms with Gasteiger partial charge in [0.2, 0.25) is 0 Å². The van der Waals surface area contributed by atoms with Crippen LogP contribution in [0.4, 0.5) is 13.2 Å². The van der Waals surface area contributed by atoms with Gasteiger partial charge in [-0.15, -0.1) is 0 Å². The second-order valence-electron chi connectivity index (χ2n) is 4.17. The molecule has 5 heteroatoms. The number of benzene rings is 1. The number of ether oxygens (including phenoxy) is 1. The number of ketones is 1. The zero-order chi connectivity index (χ0) is 12.6. The van der Waals surface area contributed by atoms with Crippen LogP contribution >= 0.6 is 0 Å². The van der Waals surface area contributed by atoms with Crippen molar-refractivity contribution in [2.45, 2.75) is 19.4 Å². The average Bonchev–Trinajstić information content (AvgIpc) is 2.62. The highest BCUT2D eigenvalue weighted by molar-refractivity contribution is 6.00. The Labute approximate surface area is 96.4 Å². The van der Waals surface area contributed by atoms with Gasteiger partial charge in [-0.2, -0.15) is 0 Å². The highest BCUT2D eigenvalue weighted by Crippen LogP contribution is 2.26. The van der Waals surface area contributed by atoms with Gasteiger partial charge in [0.25, 0.3) is 0 Å². The van der Waals surface area contributed by atoms with E-state index in [9.17, 15) is 18.0 Å². The molecule has 0 saturated carbocycles. The Morgan fingerprint density at radius 1 is 1.29 bits per heavy atom. The summed E-state index contributed by atoms with van der Waals surface area (Å²) in [5.74, 6) is -4.27. The maximum absolute atomic E-state index is 13.4. The molecular weight excluding hydrogens is 233 g/mol. The Bertz CT molecular complexity index is 436. The molecule has 0 aromatic heterocycles. The fraction of sp³-hybridized carbons (Fsp3) is 0.417. The molecule has 0 aliphatic carbocycles. The normalized spacial score (nSPS) is 24.0. The Balaban J connectivity index is 2.37. The molecule has 1 aliphatic rings. The monoisotopic (exact) mass is 244 g/mol. The van der Waals surface area contributed by atoms with Gasteiger partial charge in [-0.1, -0.05) is 6.92 Å². The predicted octanol–water partition coefficient (Wildman–Crippen LogP) is 2.71. The van der Waals surface area contributed by atoms with Crippen molar-refractivity contribution in [1.82, 2.24) is 0 Å². The van der Waals surface area contributed by atoms with E-state index < -0.39 is 34.9 Å². The first-order valence-corrected chi connectivity index (χ1v) is 5.31. The van der Waals surface area contributed by atoms with Crippen molar-refractivity contribution in [1.29, 1.82) is 0 Å². The molecule has 0 radical (unpaired) electrons. The maximum atomic E-state index is 13.4. The lowest BCUT2D eigenvalue weighted by atomic mass is 9.95. The summed E-state index contributed by atoms with van der Waals surface area (Å²) in [4.78, 5) is 11.9. The first-order chi connectivity index (χ1) is 8.00. The highest BCUT2D eigenvalue weighted by atomic mass is 19.1. The van der Waals surface area contributed by atoms with Gasteiger partial charge in [-0.05, 0) is 12.3 Å². The minimum Gasteiger partial charge on any atom is -0.370 e. The van der Waals surface area contributed by atoms with E-state index in [0.29, 0.717) is 25.2 Å². The molecule has 1 heterocycles. The Hall–Kier alpha value is -1.36. The fourth-order valence-corrected chi connectivity index (χ4v) is 1.95. The number of hydrogen-bond donors (Lipinski definition) is 0. The van der Waals surface area contributed by atoms with Gasteiger partial charge in [0.15, 0.2) is 5.78 Å². The molecule has 17 heavy (non-hydrogen) atoms. The first kappa shape index (κ1) is 12.1. The van der Waals surface area contributed by atoms with Crippen LogP contribution in [0.2, 0.25) is 0 Å². The third kappa shape index (κ3) is 2.20. The molecular formula is C12H11F3O2. The van der Waals surface area contributed by atoms with E-state index in [2.05, 4.69) is 0 Å². The quantitative estimate of drug-likeness (QED) is 0.748. The largest absolute Gasteiger partial charge is 0.370 e. The highest BCUT2D eigenvalue weighted by Gasteiger charge is 2.34. The molecule has 1 aromatic carbocycles. The predicted molar refractivity (Wildman–Crippen MR) is 54.2 cm³/mol. The maximum Gasteiger partial charge on any atom is 0.197 e. The molecule has 2 atom stereocenters. The lowest BCUT2D eigenvalue weighted by Crippen LogP contribution is -2.27. The number of carbonyl (C=O) groups is 1. The zero-order valence-corrected chi connectivity index (χ0v) is 9.17. The van der Waals surface area contributed by atoms with Crippen LogP contribution in [0, 0.1) is 23.4 Å². The number of halogens is 3. The van der Waals surface area contributed by atoms with Crippen molar-refractivity contribution in [2.75, 3.05) is 6.61 Å². The molecule has 0 amide bonds. The van der Waals surface area contributed by atoms with Crippen molar-refractivity contribution in [3.05, 3.63) is 35.1 Å². The Morgan fingerprint density at radius 3 is 2.35 bits per heavy atom. The third-order valence-corrected chi connectivity index (χ3v) is 2.90. The second kappa shape index (κ2) is 4.49. The molecule has 1 fully saturated rings. The van der Waals surface area contributed by atoms with Crippen molar-refractivity contribution in [2.24, 2.45) is 5.92 Å². The molecule has 0 bridgehead atoms. The standard InChI is InChI=1S/C12H11F3O2/c1-6-2-3-17-12(6)11(16)10-8(14)4-7(13)5-9(10)15/h4-6,12H,2-3H2,1H3. The van der Waals surface area contributed by atoms with E-state index in [4.69, 9.17) is 4.74 Å². The van der Waals surface area contributed by atoms with Crippen molar-refractivity contribution in [3.63, 3.8) is 0 Å². The van der Waals surface area contributed by atoms with Crippen LogP contribution in [0.1, 0.15) is 23.7 Å². The lowest BCUT2D eigenvalue weighted by Gasteiger charge is -2.14. The van der Waals surface area contributed by atoms with Gasteiger partial charge in [0.05, 0.1) is 5.56 Å². The summed E-state index contributed by atoms with van der Waals surface area (Å²) in [5, 5.41) is 0. The molecule has 1 aromatic rings. The number of rotatable bonds is 2. The molecule has 0 spiro atoms. The first-order valence-electron chi connectivity index (χ1n) is 5.31. The fourth-order valence-electron chi connectivity index (χ4n) is 1.95. The molecule has 0 N–H and O–H groups in total. The van der Waals surface area contributed by atoms with Gasteiger partial charge < -0.3 is 4.74 Å².